The molecule has 4 aromatic rings. The van der Waals surface area contributed by atoms with Crippen LogP contribution in [0.15, 0.2) is 48.8 Å². The molecule has 0 radical (unpaired) electrons. The summed E-state index contributed by atoms with van der Waals surface area (Å²) in [5, 5.41) is 15.2. The van der Waals surface area contributed by atoms with Crippen LogP contribution < -0.4 is 14.5 Å². The first-order valence-corrected chi connectivity index (χ1v) is 16.1. The maximum absolute atomic E-state index is 16.4. The van der Waals surface area contributed by atoms with Gasteiger partial charge in [0.15, 0.2) is 23.2 Å². The number of alkyl halides is 1. The van der Waals surface area contributed by atoms with E-state index in [1.807, 2.05) is 24.1 Å². The Morgan fingerprint density at radius 1 is 1.24 bits per heavy atom. The van der Waals surface area contributed by atoms with E-state index in [2.05, 4.69) is 20.0 Å². The van der Waals surface area contributed by atoms with Gasteiger partial charge in [0.1, 0.15) is 29.8 Å². The van der Waals surface area contributed by atoms with E-state index in [-0.39, 0.29) is 11.4 Å². The Morgan fingerprint density at radius 3 is 2.65 bits per heavy atom. The first kappa shape index (κ1) is 33.2. The molecule has 0 spiro atoms. The van der Waals surface area contributed by atoms with Gasteiger partial charge in [-0.1, -0.05) is 42.3 Å². The third-order valence-corrected chi connectivity index (χ3v) is 8.92. The van der Waals surface area contributed by atoms with Crippen molar-refractivity contribution in [3.8, 4) is 18.1 Å². The Hall–Kier alpha value is -4.12. The standard InChI is InChI=1S/C31H36FN6O7P/c1-8-31(32)26(39)24(44-30(31)38-17-33-25-27(37(6)7)34-20(5)35-28(25)38)16-42-46(41,36-19(4)29(40)43-18(2)3)45-23-15-11-13-21-12-9-10-14-22(21)23/h1,9-15,17-19,24,26,30,39H,16H2,2-7H3,(H,36,41)/t19-,24-,26-,30-,31-,46?/m1/s1. The molecule has 1 aliphatic heterocycles. The fraction of sp³-hybridized carbons (Fsp3) is 0.419. The number of fused-ring (bicyclic) bond motifs is 2. The van der Waals surface area contributed by atoms with E-state index < -0.39 is 56.6 Å². The minimum absolute atomic E-state index is 0.198. The quantitative estimate of drug-likeness (QED) is 0.136. The molecular formula is C31H36FN6O7P. The highest BCUT2D eigenvalue weighted by atomic mass is 31.2. The maximum Gasteiger partial charge on any atom is 0.459 e. The van der Waals surface area contributed by atoms with Crippen LogP contribution in [0.4, 0.5) is 10.2 Å². The molecule has 2 aromatic heterocycles. The number of hydrogen-bond acceptors (Lipinski definition) is 11. The average molecular weight is 655 g/mol. The molecule has 1 fully saturated rings. The second kappa shape index (κ2) is 12.9. The van der Waals surface area contributed by atoms with E-state index in [9.17, 15) is 14.5 Å². The molecule has 1 saturated heterocycles. The van der Waals surface area contributed by atoms with Crippen LogP contribution in [-0.2, 0) is 23.4 Å². The van der Waals surface area contributed by atoms with Gasteiger partial charge in [-0.15, -0.1) is 6.42 Å². The zero-order valence-electron chi connectivity index (χ0n) is 26.2. The van der Waals surface area contributed by atoms with Crippen LogP contribution in [0.3, 0.4) is 0 Å². The van der Waals surface area contributed by atoms with Gasteiger partial charge in [0.05, 0.1) is 19.0 Å². The van der Waals surface area contributed by atoms with E-state index in [0.29, 0.717) is 22.5 Å². The van der Waals surface area contributed by atoms with Crippen LogP contribution in [0.1, 0.15) is 32.8 Å². The topological polar surface area (TPSA) is 150 Å². The smallest absolute Gasteiger partial charge is 0.459 e. The van der Waals surface area contributed by atoms with E-state index >= 15 is 4.39 Å². The number of hydrogen-bond donors (Lipinski definition) is 2. The van der Waals surface area contributed by atoms with E-state index in [1.54, 1.807) is 64.0 Å². The third-order valence-electron chi connectivity index (χ3n) is 7.29. The number of esters is 1. The molecule has 5 rings (SSSR count). The van der Waals surface area contributed by atoms with Crippen LogP contribution >= 0.6 is 7.75 Å². The van der Waals surface area contributed by atoms with Crippen molar-refractivity contribution in [1.82, 2.24) is 24.6 Å². The Labute approximate surface area is 265 Å². The number of carbonyl (C=O) groups excluding carboxylic acids is 1. The molecule has 13 nitrogen and oxygen atoms in total. The van der Waals surface area contributed by atoms with Gasteiger partial charge in [-0.05, 0) is 39.1 Å². The van der Waals surface area contributed by atoms with E-state index in [0.717, 1.165) is 5.39 Å². The minimum atomic E-state index is -4.43. The fourth-order valence-electron chi connectivity index (χ4n) is 5.09. The summed E-state index contributed by atoms with van der Waals surface area (Å²) in [5.74, 6) is 2.41. The third kappa shape index (κ3) is 6.42. The highest BCUT2D eigenvalue weighted by molar-refractivity contribution is 7.52. The molecule has 0 aliphatic carbocycles. The Kier molecular flexibility index (Phi) is 9.35. The van der Waals surface area contributed by atoms with Crippen LogP contribution in [-0.4, -0.2) is 81.3 Å². The summed E-state index contributed by atoms with van der Waals surface area (Å²) in [6, 6.07) is 11.3. The number of aryl methyl sites for hydroxylation is 1. The van der Waals surface area contributed by atoms with Crippen LogP contribution in [0.5, 0.6) is 5.75 Å². The van der Waals surface area contributed by atoms with Crippen molar-refractivity contribution in [3.05, 3.63) is 54.6 Å². The van der Waals surface area contributed by atoms with Gasteiger partial charge in [-0.25, -0.2) is 23.9 Å². The normalized spacial score (nSPS) is 23.3. The zero-order chi connectivity index (χ0) is 33.4. The van der Waals surface area contributed by atoms with Gasteiger partial charge in [0.2, 0.25) is 5.67 Å². The van der Waals surface area contributed by atoms with E-state index in [1.165, 1.54) is 17.8 Å². The minimum Gasteiger partial charge on any atom is -0.462 e. The SMILES string of the molecule is C#C[C@@]1(F)[C@H](O)[C@@H](COP(=O)(N[C@H](C)C(=O)OC(C)C)Oc2cccc3ccccc23)O[C@H]1n1cnc2c(N(C)C)nc(C)nc21. The molecule has 1 aliphatic rings. The molecule has 244 valence electrons. The number of aliphatic hydroxyl groups is 1. The summed E-state index contributed by atoms with van der Waals surface area (Å²) in [7, 11) is -0.876. The Balaban J connectivity index is 1.45. The first-order valence-electron chi connectivity index (χ1n) is 14.5. The molecule has 0 saturated carbocycles. The second-order valence-electron chi connectivity index (χ2n) is 11.4. The lowest BCUT2D eigenvalue weighted by Gasteiger charge is -2.25. The summed E-state index contributed by atoms with van der Waals surface area (Å²) >= 11 is 0. The van der Waals surface area contributed by atoms with E-state index in [4.69, 9.17) is 24.9 Å². The summed E-state index contributed by atoms with van der Waals surface area (Å²) in [4.78, 5) is 27.5. The molecule has 1 unspecified atom stereocenters. The number of aliphatic hydroxyl groups excluding tert-OH is 1. The molecule has 0 bridgehead atoms. The molecule has 2 aromatic carbocycles. The molecule has 2 N–H and O–H groups in total. The Morgan fingerprint density at radius 2 is 1.96 bits per heavy atom. The number of halogens is 1. The van der Waals surface area contributed by atoms with Crippen molar-refractivity contribution in [1.29, 1.82) is 0 Å². The molecule has 0 amide bonds. The molecule has 6 atom stereocenters. The highest BCUT2D eigenvalue weighted by Gasteiger charge is 2.58. The number of rotatable bonds is 11. The van der Waals surface area contributed by atoms with Crippen molar-refractivity contribution in [2.75, 3.05) is 25.6 Å². The van der Waals surface area contributed by atoms with Crippen molar-refractivity contribution in [3.63, 3.8) is 0 Å². The number of aromatic nitrogens is 4. The monoisotopic (exact) mass is 654 g/mol. The Bertz CT molecular complexity index is 1840. The summed E-state index contributed by atoms with van der Waals surface area (Å²) < 4.78 is 54.9. The highest BCUT2D eigenvalue weighted by Crippen LogP contribution is 2.49. The van der Waals surface area contributed by atoms with Crippen molar-refractivity contribution >= 4 is 41.5 Å². The number of terminal acetylenes is 1. The number of nitrogens with zero attached hydrogens (tertiary/aromatic N) is 5. The van der Waals surface area contributed by atoms with Crippen molar-refractivity contribution in [2.24, 2.45) is 0 Å². The molecule has 3 heterocycles. The predicted octanol–water partition coefficient (Wildman–Crippen LogP) is 4.09. The lowest BCUT2D eigenvalue weighted by Crippen LogP contribution is -2.42. The lowest BCUT2D eigenvalue weighted by atomic mass is 9.97. The number of carbonyl (C=O) groups is 1. The number of nitrogens with one attached hydrogen (secondary N) is 1. The van der Waals surface area contributed by atoms with Gasteiger partial charge < -0.3 is 24.0 Å². The van der Waals surface area contributed by atoms with Gasteiger partial charge in [0, 0.05) is 19.5 Å². The number of imidazole rings is 1. The molecule has 46 heavy (non-hydrogen) atoms. The number of ether oxygens (including phenoxy) is 2. The number of benzene rings is 2. The summed E-state index contributed by atoms with van der Waals surface area (Å²) in [6.45, 7) is 5.82. The largest absolute Gasteiger partial charge is 0.462 e. The van der Waals surface area contributed by atoms with Gasteiger partial charge in [-0.3, -0.25) is 13.9 Å². The fourth-order valence-corrected chi connectivity index (χ4v) is 6.61. The maximum atomic E-state index is 16.4. The first-order chi connectivity index (χ1) is 21.8. The van der Waals surface area contributed by atoms with Crippen molar-refractivity contribution < 1.29 is 37.4 Å². The lowest BCUT2D eigenvalue weighted by molar-refractivity contribution is -0.149. The molecule has 15 heteroatoms. The van der Waals surface area contributed by atoms with Gasteiger partial charge in [-0.2, -0.15) is 5.09 Å². The molecular weight excluding hydrogens is 618 g/mol. The van der Waals surface area contributed by atoms with Crippen LogP contribution in [0, 0.1) is 19.3 Å². The zero-order valence-corrected chi connectivity index (χ0v) is 27.1. The predicted molar refractivity (Wildman–Crippen MR) is 169 cm³/mol. The average Bonchev–Trinajstić information content (AvgIpc) is 3.53. The summed E-state index contributed by atoms with van der Waals surface area (Å²) in [6.07, 6.45) is 1.56. The van der Waals surface area contributed by atoms with Crippen molar-refractivity contribution in [2.45, 2.75) is 63.9 Å². The van der Waals surface area contributed by atoms with Gasteiger partial charge >= 0.3 is 13.7 Å². The number of anilines is 1. The van der Waals surface area contributed by atoms with Gasteiger partial charge in [0.25, 0.3) is 0 Å². The van der Waals surface area contributed by atoms with Crippen LogP contribution in [0.25, 0.3) is 21.9 Å². The van der Waals surface area contributed by atoms with Crippen LogP contribution in [0.2, 0.25) is 0 Å². The summed E-state index contributed by atoms with van der Waals surface area (Å²) in [5.41, 5.74) is -2.16. The second-order valence-corrected chi connectivity index (χ2v) is 13.1.